The van der Waals surface area contributed by atoms with Gasteiger partial charge in [-0.2, -0.15) is 0 Å². The van der Waals surface area contributed by atoms with Gasteiger partial charge in [-0.25, -0.2) is 19.9 Å². The van der Waals surface area contributed by atoms with Crippen LogP contribution < -0.4 is 5.46 Å². The fourth-order valence-corrected chi connectivity index (χ4v) is 5.82. The summed E-state index contributed by atoms with van der Waals surface area (Å²) < 4.78 is 0. The maximum absolute atomic E-state index is 9.05. The molecule has 0 fully saturated rings. The summed E-state index contributed by atoms with van der Waals surface area (Å²) in [6.07, 6.45) is 2.96. The van der Waals surface area contributed by atoms with E-state index in [9.17, 15) is 0 Å². The monoisotopic (exact) mass is 730 g/mol. The Morgan fingerprint density at radius 1 is 0.340 bits per heavy atom. The summed E-state index contributed by atoms with van der Waals surface area (Å²) in [5.74, 6) is 0. The van der Waals surface area contributed by atoms with E-state index in [0.29, 0.717) is 15.8 Å². The third kappa shape index (κ3) is 10.5. The van der Waals surface area contributed by atoms with Crippen molar-refractivity contribution in [2.75, 3.05) is 0 Å². The maximum Gasteiger partial charge on any atom is 0.488 e. The molecule has 6 nitrogen and oxygen atoms in total. The fourth-order valence-electron chi connectivity index (χ4n) is 5.47. The lowest BCUT2D eigenvalue weighted by molar-refractivity contribution is 0.426. The molecule has 0 atom stereocenters. The fraction of sp³-hybridized carbons (Fsp3) is 0. The molecule has 9 heteroatoms. The molecule has 258 valence electrons. The maximum atomic E-state index is 9.05. The van der Waals surface area contributed by atoms with Crippen molar-refractivity contribution in [1.82, 2.24) is 19.9 Å². The Hall–Kier alpha value is -5.96. The van der Waals surface area contributed by atoms with Gasteiger partial charge in [-0.05, 0) is 57.0 Å². The van der Waals surface area contributed by atoms with Gasteiger partial charge in [0.15, 0.2) is 0 Å². The Labute approximate surface area is 319 Å². The van der Waals surface area contributed by atoms with Crippen molar-refractivity contribution >= 4 is 35.8 Å². The van der Waals surface area contributed by atoms with Crippen LogP contribution in [0.4, 0.5) is 0 Å². The molecule has 2 aromatic heterocycles. The van der Waals surface area contributed by atoms with Gasteiger partial charge in [-0.3, -0.25) is 0 Å². The molecule has 2 heterocycles. The van der Waals surface area contributed by atoms with E-state index in [1.54, 1.807) is 18.5 Å². The summed E-state index contributed by atoms with van der Waals surface area (Å²) >= 11 is 10.8. The molecule has 8 aromatic rings. The van der Waals surface area contributed by atoms with Gasteiger partial charge in [-0.15, -0.1) is 0 Å². The van der Waals surface area contributed by atoms with Crippen LogP contribution in [0.15, 0.2) is 189 Å². The SMILES string of the molecule is Clc1cc(Cl)ncn1.OB(O)c1cccc(-c2ccccc2)c1.c1ccc(-c2cccc(-c3cc(-c4cccc(-c5ccccc5)c4)ncn3)c2)cc1. The van der Waals surface area contributed by atoms with Crippen LogP contribution in [-0.4, -0.2) is 37.1 Å². The molecular weight excluding hydrogens is 698 g/mol. The van der Waals surface area contributed by atoms with Crippen molar-refractivity contribution in [3.8, 4) is 55.9 Å². The lowest BCUT2D eigenvalue weighted by atomic mass is 9.79. The second-order valence-electron chi connectivity index (χ2n) is 11.7. The summed E-state index contributed by atoms with van der Waals surface area (Å²) in [7, 11) is -1.41. The Balaban J connectivity index is 0.000000172. The number of halogens is 2. The molecule has 0 bridgehead atoms. The zero-order valence-corrected chi connectivity index (χ0v) is 29.9. The summed E-state index contributed by atoms with van der Waals surface area (Å²) in [5, 5.41) is 18.8. The van der Waals surface area contributed by atoms with E-state index in [1.807, 2.05) is 54.6 Å². The number of aromatic nitrogens is 4. The summed E-state index contributed by atoms with van der Waals surface area (Å²) in [6.45, 7) is 0. The average molecular weight is 731 g/mol. The smallest absolute Gasteiger partial charge is 0.423 e. The summed E-state index contributed by atoms with van der Waals surface area (Å²) in [6, 6.07) is 58.4. The Kier molecular flexibility index (Phi) is 12.9. The molecule has 2 N–H and O–H groups in total. The van der Waals surface area contributed by atoms with Crippen LogP contribution in [0.3, 0.4) is 0 Å². The highest BCUT2D eigenvalue weighted by Gasteiger charge is 2.11. The Bertz CT molecular complexity index is 2250. The van der Waals surface area contributed by atoms with Gasteiger partial charge in [0.05, 0.1) is 11.4 Å². The van der Waals surface area contributed by atoms with Crippen molar-refractivity contribution in [2.45, 2.75) is 0 Å². The van der Waals surface area contributed by atoms with E-state index >= 15 is 0 Å². The molecule has 0 aliphatic heterocycles. The number of hydrogen-bond donors (Lipinski definition) is 2. The minimum absolute atomic E-state index is 0.366. The molecule has 0 aliphatic rings. The topological polar surface area (TPSA) is 92.0 Å². The first-order valence-corrected chi connectivity index (χ1v) is 17.5. The van der Waals surface area contributed by atoms with Gasteiger partial charge in [0, 0.05) is 17.2 Å². The molecule has 8 rings (SSSR count). The van der Waals surface area contributed by atoms with Crippen LogP contribution in [0.5, 0.6) is 0 Å². The van der Waals surface area contributed by atoms with E-state index in [-0.39, 0.29) is 0 Å². The molecule has 0 aliphatic carbocycles. The quantitative estimate of drug-likeness (QED) is 0.131. The molecule has 6 aromatic carbocycles. The first kappa shape index (κ1) is 36.8. The minimum Gasteiger partial charge on any atom is -0.423 e. The van der Waals surface area contributed by atoms with Gasteiger partial charge >= 0.3 is 7.12 Å². The standard InChI is InChI=1S/C28H20N2.C12H11BO2.C4H2Cl2N2/c1-3-9-21(10-4-1)23-13-7-15-25(17-23)27-19-28(30-20-29-27)26-16-8-14-24(18-26)22-11-5-2-6-12-22;14-13(15)12-8-4-7-11(9-12)10-5-2-1-3-6-10;5-3-1-4(6)8-2-7-3/h1-20H;1-9,14-15H;1-2H. The van der Waals surface area contributed by atoms with Gasteiger partial charge in [0.2, 0.25) is 0 Å². The molecule has 0 saturated carbocycles. The van der Waals surface area contributed by atoms with Crippen LogP contribution in [0.2, 0.25) is 10.3 Å². The predicted octanol–water partition coefficient (Wildman–Crippen LogP) is 9.96. The van der Waals surface area contributed by atoms with Gasteiger partial charge in [0.1, 0.15) is 23.0 Å². The minimum atomic E-state index is -1.41. The van der Waals surface area contributed by atoms with E-state index < -0.39 is 7.12 Å². The first-order chi connectivity index (χ1) is 25.9. The molecule has 0 spiro atoms. The molecular formula is C44H33BCl2N4O2. The van der Waals surface area contributed by atoms with E-state index in [2.05, 4.69) is 123 Å². The van der Waals surface area contributed by atoms with Crippen LogP contribution in [0, 0.1) is 0 Å². The molecule has 0 unspecified atom stereocenters. The van der Waals surface area contributed by atoms with Crippen molar-refractivity contribution in [3.05, 3.63) is 199 Å². The Morgan fingerprint density at radius 2 is 0.698 bits per heavy atom. The third-order valence-corrected chi connectivity index (χ3v) is 8.50. The predicted molar refractivity (Wildman–Crippen MR) is 218 cm³/mol. The van der Waals surface area contributed by atoms with E-state index in [4.69, 9.17) is 33.2 Å². The van der Waals surface area contributed by atoms with Crippen LogP contribution in [-0.2, 0) is 0 Å². The third-order valence-electron chi connectivity index (χ3n) is 8.09. The van der Waals surface area contributed by atoms with Gasteiger partial charge < -0.3 is 10.0 Å². The number of rotatable bonds is 6. The first-order valence-electron chi connectivity index (χ1n) is 16.7. The molecule has 0 amide bonds. The summed E-state index contributed by atoms with van der Waals surface area (Å²) in [5.41, 5.74) is 11.3. The number of hydrogen-bond acceptors (Lipinski definition) is 6. The highest BCUT2D eigenvalue weighted by molar-refractivity contribution is 6.58. The normalized spacial score (nSPS) is 10.3. The van der Waals surface area contributed by atoms with Gasteiger partial charge in [0.25, 0.3) is 0 Å². The molecule has 53 heavy (non-hydrogen) atoms. The van der Waals surface area contributed by atoms with Crippen molar-refractivity contribution in [2.24, 2.45) is 0 Å². The van der Waals surface area contributed by atoms with Crippen molar-refractivity contribution in [1.29, 1.82) is 0 Å². The second-order valence-corrected chi connectivity index (χ2v) is 12.5. The van der Waals surface area contributed by atoms with Crippen LogP contribution >= 0.6 is 23.2 Å². The lowest BCUT2D eigenvalue weighted by Crippen LogP contribution is -2.29. The van der Waals surface area contributed by atoms with Gasteiger partial charge in [-0.1, -0.05) is 175 Å². The van der Waals surface area contributed by atoms with Crippen molar-refractivity contribution < 1.29 is 10.0 Å². The van der Waals surface area contributed by atoms with E-state index in [1.165, 1.54) is 34.6 Å². The summed E-state index contributed by atoms with van der Waals surface area (Å²) in [4.78, 5) is 16.3. The lowest BCUT2D eigenvalue weighted by Gasteiger charge is -2.08. The molecule has 0 radical (unpaired) electrons. The molecule has 0 saturated heterocycles. The van der Waals surface area contributed by atoms with Crippen molar-refractivity contribution in [3.63, 3.8) is 0 Å². The zero-order chi connectivity index (χ0) is 36.8. The zero-order valence-electron chi connectivity index (χ0n) is 28.4. The highest BCUT2D eigenvalue weighted by Crippen LogP contribution is 2.29. The largest absolute Gasteiger partial charge is 0.488 e. The van der Waals surface area contributed by atoms with E-state index in [0.717, 1.165) is 33.6 Å². The second kappa shape index (κ2) is 18.5. The highest BCUT2D eigenvalue weighted by atomic mass is 35.5. The van der Waals surface area contributed by atoms with Crippen LogP contribution in [0.25, 0.3) is 55.9 Å². The van der Waals surface area contributed by atoms with Crippen LogP contribution in [0.1, 0.15) is 0 Å². The number of nitrogens with zero attached hydrogens (tertiary/aromatic N) is 4. The average Bonchev–Trinajstić information content (AvgIpc) is 3.22. The number of benzene rings is 6. The Morgan fingerprint density at radius 3 is 1.09 bits per heavy atom.